The third-order valence-corrected chi connectivity index (χ3v) is 1.90. The summed E-state index contributed by atoms with van der Waals surface area (Å²) < 4.78 is 17.8. The van der Waals surface area contributed by atoms with Gasteiger partial charge >= 0.3 is 0 Å². The minimum Gasteiger partial charge on any atom is -0.476 e. The van der Waals surface area contributed by atoms with Crippen molar-refractivity contribution in [1.29, 1.82) is 0 Å². The van der Waals surface area contributed by atoms with E-state index < -0.39 is 0 Å². The van der Waals surface area contributed by atoms with Gasteiger partial charge in [-0.1, -0.05) is 0 Å². The zero-order valence-corrected chi connectivity index (χ0v) is 7.25. The molecule has 0 amide bonds. The molecule has 2 nitrogen and oxygen atoms in total. The predicted octanol–water partition coefficient (Wildman–Crippen LogP) is 2.09. The molecule has 3 heteroatoms. The Morgan fingerprint density at radius 3 is 2.54 bits per heavy atom. The van der Waals surface area contributed by atoms with Crippen molar-refractivity contribution >= 4 is 5.70 Å². The minimum absolute atomic E-state index is 0.0000491. The summed E-state index contributed by atoms with van der Waals surface area (Å²) in [7, 11) is 0. The van der Waals surface area contributed by atoms with Crippen LogP contribution >= 0.6 is 0 Å². The van der Waals surface area contributed by atoms with Crippen LogP contribution in [0, 0.1) is 5.82 Å². The Balaban J connectivity index is 2.22. The maximum atomic E-state index is 12.6. The number of halogens is 1. The average Bonchev–Trinajstić information content (AvgIpc) is 2.53. The molecule has 1 heterocycles. The van der Waals surface area contributed by atoms with Crippen molar-refractivity contribution in [2.45, 2.75) is 13.2 Å². The normalized spacial score (nSPS) is 20.5. The van der Waals surface area contributed by atoms with Crippen LogP contribution in [0.5, 0.6) is 0 Å². The molecule has 2 rings (SSSR count). The van der Waals surface area contributed by atoms with E-state index in [0.29, 0.717) is 0 Å². The van der Waals surface area contributed by atoms with E-state index >= 15 is 0 Å². The van der Waals surface area contributed by atoms with Gasteiger partial charge in [-0.05, 0) is 31.2 Å². The molecule has 1 atom stereocenters. The molecular formula is C10H10FNO. The fourth-order valence-electron chi connectivity index (χ4n) is 1.24. The molecule has 1 unspecified atom stereocenters. The van der Waals surface area contributed by atoms with E-state index in [-0.39, 0.29) is 12.0 Å². The van der Waals surface area contributed by atoms with E-state index in [9.17, 15) is 4.39 Å². The van der Waals surface area contributed by atoms with Gasteiger partial charge in [0.15, 0.2) is 6.23 Å². The van der Waals surface area contributed by atoms with E-state index in [1.54, 1.807) is 18.4 Å². The van der Waals surface area contributed by atoms with Crippen LogP contribution < -0.4 is 5.32 Å². The number of rotatable bonds is 1. The molecule has 0 aromatic heterocycles. The number of benzene rings is 1. The Bertz CT molecular complexity index is 331. The molecule has 1 aromatic rings. The molecule has 0 bridgehead atoms. The van der Waals surface area contributed by atoms with E-state index in [0.717, 1.165) is 11.3 Å². The smallest absolute Gasteiger partial charge is 0.166 e. The standard InChI is InChI=1S/C10H10FNO/c1-7-12-10(6-13-7)8-2-4-9(11)5-3-8/h2-7,12H,1H3. The lowest BCUT2D eigenvalue weighted by Crippen LogP contribution is -2.18. The predicted molar refractivity (Wildman–Crippen MR) is 48.1 cm³/mol. The number of ether oxygens (including phenoxy) is 1. The van der Waals surface area contributed by atoms with Crippen LogP contribution in [0.25, 0.3) is 5.70 Å². The van der Waals surface area contributed by atoms with Gasteiger partial charge in [0.1, 0.15) is 12.1 Å². The van der Waals surface area contributed by atoms with Crippen LogP contribution in [-0.2, 0) is 4.74 Å². The number of hydrogen-bond acceptors (Lipinski definition) is 2. The van der Waals surface area contributed by atoms with Crippen molar-refractivity contribution in [2.24, 2.45) is 0 Å². The van der Waals surface area contributed by atoms with E-state index in [1.807, 2.05) is 6.92 Å². The van der Waals surface area contributed by atoms with Gasteiger partial charge in [-0.25, -0.2) is 4.39 Å². The largest absolute Gasteiger partial charge is 0.476 e. The molecule has 0 saturated carbocycles. The Labute approximate surface area is 76.0 Å². The summed E-state index contributed by atoms with van der Waals surface area (Å²) in [5.41, 5.74) is 1.83. The Morgan fingerprint density at radius 1 is 1.31 bits per heavy atom. The van der Waals surface area contributed by atoms with Gasteiger partial charge in [-0.3, -0.25) is 0 Å². The number of nitrogens with one attached hydrogen (secondary N) is 1. The van der Waals surface area contributed by atoms with E-state index in [4.69, 9.17) is 4.74 Å². The molecule has 0 aliphatic carbocycles. The van der Waals surface area contributed by atoms with Crippen molar-refractivity contribution in [3.63, 3.8) is 0 Å². The zero-order valence-electron chi connectivity index (χ0n) is 7.25. The fraction of sp³-hybridized carbons (Fsp3) is 0.200. The van der Waals surface area contributed by atoms with Crippen LogP contribution in [0.3, 0.4) is 0 Å². The first-order valence-corrected chi connectivity index (χ1v) is 4.14. The van der Waals surface area contributed by atoms with Gasteiger partial charge in [0.25, 0.3) is 0 Å². The summed E-state index contributed by atoms with van der Waals surface area (Å²) in [6, 6.07) is 6.30. The summed E-state index contributed by atoms with van der Waals surface area (Å²) >= 11 is 0. The third-order valence-electron chi connectivity index (χ3n) is 1.90. The first-order chi connectivity index (χ1) is 6.25. The van der Waals surface area contributed by atoms with E-state index in [2.05, 4.69) is 5.32 Å². The first-order valence-electron chi connectivity index (χ1n) is 4.14. The maximum Gasteiger partial charge on any atom is 0.166 e. The molecule has 0 spiro atoms. The van der Waals surface area contributed by atoms with Gasteiger partial charge < -0.3 is 10.1 Å². The quantitative estimate of drug-likeness (QED) is 0.712. The van der Waals surface area contributed by atoms with Crippen LogP contribution in [0.1, 0.15) is 12.5 Å². The van der Waals surface area contributed by atoms with Gasteiger partial charge in [-0.2, -0.15) is 0 Å². The molecule has 0 saturated heterocycles. The Hall–Kier alpha value is -1.51. The highest BCUT2D eigenvalue weighted by atomic mass is 19.1. The molecule has 68 valence electrons. The lowest BCUT2D eigenvalue weighted by Gasteiger charge is -2.05. The highest BCUT2D eigenvalue weighted by Gasteiger charge is 2.12. The lowest BCUT2D eigenvalue weighted by atomic mass is 10.2. The monoisotopic (exact) mass is 179 g/mol. The third kappa shape index (κ3) is 1.64. The molecule has 1 N–H and O–H groups in total. The molecule has 0 fully saturated rings. The second kappa shape index (κ2) is 3.09. The molecule has 0 radical (unpaired) electrons. The summed E-state index contributed by atoms with van der Waals surface area (Å²) in [6.45, 7) is 1.91. The summed E-state index contributed by atoms with van der Waals surface area (Å²) in [6.07, 6.45) is 1.65. The zero-order chi connectivity index (χ0) is 9.26. The average molecular weight is 179 g/mol. The lowest BCUT2D eigenvalue weighted by molar-refractivity contribution is 0.171. The topological polar surface area (TPSA) is 21.3 Å². The molecule has 1 aliphatic rings. The molecule has 1 aromatic carbocycles. The van der Waals surface area contributed by atoms with Crippen molar-refractivity contribution < 1.29 is 9.13 Å². The van der Waals surface area contributed by atoms with Crippen molar-refractivity contribution in [3.05, 3.63) is 41.9 Å². The minimum atomic E-state index is -0.226. The van der Waals surface area contributed by atoms with E-state index in [1.165, 1.54) is 12.1 Å². The van der Waals surface area contributed by atoms with Crippen molar-refractivity contribution in [3.8, 4) is 0 Å². The summed E-state index contributed by atoms with van der Waals surface area (Å²) in [5.74, 6) is -0.226. The van der Waals surface area contributed by atoms with Crippen molar-refractivity contribution in [1.82, 2.24) is 5.32 Å². The molecule has 1 aliphatic heterocycles. The SMILES string of the molecule is CC1NC(c2ccc(F)cc2)=CO1. The van der Waals surface area contributed by atoms with Crippen LogP contribution in [0.2, 0.25) is 0 Å². The first kappa shape index (κ1) is 8.10. The highest BCUT2D eigenvalue weighted by molar-refractivity contribution is 5.64. The van der Waals surface area contributed by atoms with Gasteiger partial charge in [-0.15, -0.1) is 0 Å². The second-order valence-electron chi connectivity index (χ2n) is 2.96. The fourth-order valence-corrected chi connectivity index (χ4v) is 1.24. The Kier molecular flexibility index (Phi) is 1.93. The molecular weight excluding hydrogens is 169 g/mol. The Morgan fingerprint density at radius 2 is 2.00 bits per heavy atom. The second-order valence-corrected chi connectivity index (χ2v) is 2.96. The van der Waals surface area contributed by atoms with Crippen LogP contribution in [0.15, 0.2) is 30.5 Å². The van der Waals surface area contributed by atoms with Crippen LogP contribution in [-0.4, -0.2) is 6.23 Å². The van der Waals surface area contributed by atoms with Gasteiger partial charge in [0, 0.05) is 5.56 Å². The summed E-state index contributed by atoms with van der Waals surface area (Å²) in [5, 5.41) is 3.11. The number of hydrogen-bond donors (Lipinski definition) is 1. The maximum absolute atomic E-state index is 12.6. The van der Waals surface area contributed by atoms with Crippen molar-refractivity contribution in [2.75, 3.05) is 0 Å². The van der Waals surface area contributed by atoms with Gasteiger partial charge in [0.2, 0.25) is 0 Å². The molecule has 13 heavy (non-hydrogen) atoms. The summed E-state index contributed by atoms with van der Waals surface area (Å²) in [4.78, 5) is 0. The highest BCUT2D eigenvalue weighted by Crippen LogP contribution is 2.17. The van der Waals surface area contributed by atoms with Gasteiger partial charge in [0.05, 0.1) is 5.70 Å². The van der Waals surface area contributed by atoms with Crippen LogP contribution in [0.4, 0.5) is 4.39 Å².